The monoisotopic (exact) mass is 485 g/mol. The fraction of sp³-hybridized carbons (Fsp3) is 0.520. The summed E-state index contributed by atoms with van der Waals surface area (Å²) in [7, 11) is 1.55. The molecule has 1 aliphatic heterocycles. The number of imidazole rings is 1. The molecule has 0 radical (unpaired) electrons. The van der Waals surface area contributed by atoms with Crippen molar-refractivity contribution in [3.8, 4) is 0 Å². The van der Waals surface area contributed by atoms with Crippen LogP contribution in [0.4, 0.5) is 0 Å². The van der Waals surface area contributed by atoms with Crippen LogP contribution in [-0.2, 0) is 34.8 Å². The van der Waals surface area contributed by atoms with Gasteiger partial charge in [0, 0.05) is 59.0 Å². The number of sulfonamides is 1. The fourth-order valence-electron chi connectivity index (χ4n) is 4.97. The van der Waals surface area contributed by atoms with E-state index in [1.807, 2.05) is 32.3 Å². The largest absolute Gasteiger partial charge is 0.353 e. The average Bonchev–Trinajstić information content (AvgIpc) is 3.30. The van der Waals surface area contributed by atoms with Crippen LogP contribution < -0.4 is 0 Å². The minimum Gasteiger partial charge on any atom is -0.353 e. The van der Waals surface area contributed by atoms with Crippen LogP contribution in [-0.4, -0.2) is 58.3 Å². The van der Waals surface area contributed by atoms with Gasteiger partial charge in [0.25, 0.3) is 0 Å². The van der Waals surface area contributed by atoms with Gasteiger partial charge in [0.2, 0.25) is 15.9 Å². The lowest BCUT2D eigenvalue weighted by Crippen LogP contribution is -2.35. The van der Waals surface area contributed by atoms with E-state index in [1.54, 1.807) is 12.1 Å². The lowest BCUT2D eigenvalue weighted by atomic mass is 10.1. The molecule has 9 heteroatoms. The Kier molecular flexibility index (Phi) is 7.14. The molecule has 0 saturated carbocycles. The van der Waals surface area contributed by atoms with E-state index in [2.05, 4.69) is 20.1 Å². The molecule has 1 atom stereocenters. The minimum absolute atomic E-state index is 0.110. The summed E-state index contributed by atoms with van der Waals surface area (Å²) < 4.78 is 30.5. The maximum atomic E-state index is 13.4. The lowest BCUT2D eigenvalue weighted by Gasteiger charge is -2.30. The van der Waals surface area contributed by atoms with Gasteiger partial charge in [-0.1, -0.05) is 12.8 Å². The fourth-order valence-corrected chi connectivity index (χ4v) is 5.89. The van der Waals surface area contributed by atoms with E-state index in [0.29, 0.717) is 24.9 Å². The number of aryl methyl sites for hydroxylation is 3. The molecule has 0 spiro atoms. The van der Waals surface area contributed by atoms with Crippen LogP contribution in [0, 0.1) is 0 Å². The summed E-state index contributed by atoms with van der Waals surface area (Å²) in [6.45, 7) is 3.53. The first-order chi connectivity index (χ1) is 16.2. The lowest BCUT2D eigenvalue weighted by molar-refractivity contribution is -0.133. The Labute approximate surface area is 202 Å². The second kappa shape index (κ2) is 9.92. The Morgan fingerprint density at radius 3 is 2.65 bits per heavy atom. The number of hydrogen-bond donors (Lipinski definition) is 0. The van der Waals surface area contributed by atoms with Crippen LogP contribution in [0.15, 0.2) is 41.4 Å². The summed E-state index contributed by atoms with van der Waals surface area (Å²) in [4.78, 5) is 20.4. The number of fused-ring (bicyclic) bond motifs is 1. The molecule has 4 rings (SSSR count). The summed E-state index contributed by atoms with van der Waals surface area (Å²) in [5.41, 5.74) is 2.72. The van der Waals surface area contributed by atoms with Gasteiger partial charge < -0.3 is 14.0 Å². The highest BCUT2D eigenvalue weighted by molar-refractivity contribution is 7.89. The standard InChI is InChI=1S/C25H35N5O3S/c1-5-29-21-13-12-19(34(32,33)27(2)3)18-20(21)26-24(29)14-15-25(31)30-17-8-6-7-10-23(30)22-11-9-16-28(22)4/h9,11-13,16,18,23H,5-8,10,14-15,17H2,1-4H3. The number of amides is 1. The Bertz CT molecular complexity index is 1270. The zero-order valence-electron chi connectivity index (χ0n) is 20.6. The molecule has 8 nitrogen and oxygen atoms in total. The van der Waals surface area contributed by atoms with Crippen LogP contribution in [0.5, 0.6) is 0 Å². The third-order valence-electron chi connectivity index (χ3n) is 6.85. The molecule has 0 bridgehead atoms. The number of rotatable bonds is 7. The van der Waals surface area contributed by atoms with E-state index in [-0.39, 0.29) is 16.8 Å². The summed E-state index contributed by atoms with van der Waals surface area (Å²) >= 11 is 0. The first kappa shape index (κ1) is 24.5. The van der Waals surface area contributed by atoms with Gasteiger partial charge in [0.15, 0.2) is 0 Å². The summed E-state index contributed by atoms with van der Waals surface area (Å²) in [6.07, 6.45) is 7.24. The smallest absolute Gasteiger partial charge is 0.242 e. The molecule has 1 unspecified atom stereocenters. The normalized spacial score (nSPS) is 17.4. The molecular formula is C25H35N5O3S. The van der Waals surface area contributed by atoms with E-state index >= 15 is 0 Å². The van der Waals surface area contributed by atoms with Crippen molar-refractivity contribution in [1.82, 2.24) is 23.3 Å². The molecule has 0 N–H and O–H groups in total. The van der Waals surface area contributed by atoms with E-state index in [9.17, 15) is 13.2 Å². The highest BCUT2D eigenvalue weighted by Crippen LogP contribution is 2.31. The molecule has 1 fully saturated rings. The van der Waals surface area contributed by atoms with E-state index in [0.717, 1.165) is 43.6 Å². The van der Waals surface area contributed by atoms with E-state index in [1.165, 1.54) is 24.1 Å². The second-order valence-electron chi connectivity index (χ2n) is 9.21. The van der Waals surface area contributed by atoms with Crippen molar-refractivity contribution in [3.05, 3.63) is 48.0 Å². The SMILES string of the molecule is CCn1c(CCC(=O)N2CCCCCC2c2cccn2C)nc2cc(S(=O)(=O)N(C)C)ccc21. The zero-order valence-corrected chi connectivity index (χ0v) is 21.4. The van der Waals surface area contributed by atoms with E-state index < -0.39 is 10.0 Å². The van der Waals surface area contributed by atoms with Gasteiger partial charge in [-0.3, -0.25) is 4.79 Å². The van der Waals surface area contributed by atoms with Gasteiger partial charge in [-0.15, -0.1) is 0 Å². The quantitative estimate of drug-likeness (QED) is 0.511. The molecule has 34 heavy (non-hydrogen) atoms. The molecule has 184 valence electrons. The van der Waals surface area contributed by atoms with E-state index in [4.69, 9.17) is 4.98 Å². The van der Waals surface area contributed by atoms with Gasteiger partial charge in [-0.05, 0) is 50.1 Å². The molecule has 1 aromatic carbocycles. The van der Waals surface area contributed by atoms with Crippen molar-refractivity contribution >= 4 is 27.0 Å². The van der Waals surface area contributed by atoms with Gasteiger partial charge in [0.05, 0.1) is 22.0 Å². The summed E-state index contributed by atoms with van der Waals surface area (Å²) in [5, 5.41) is 0. The topological polar surface area (TPSA) is 80.4 Å². The Morgan fingerprint density at radius 1 is 1.18 bits per heavy atom. The molecule has 1 amide bonds. The van der Waals surface area contributed by atoms with Crippen molar-refractivity contribution < 1.29 is 13.2 Å². The van der Waals surface area contributed by atoms with Crippen molar-refractivity contribution in [1.29, 1.82) is 0 Å². The number of likely N-dealkylation sites (tertiary alicyclic amines) is 1. The number of benzene rings is 1. The molecule has 3 heterocycles. The molecular weight excluding hydrogens is 450 g/mol. The van der Waals surface area contributed by atoms with Crippen molar-refractivity contribution in [2.75, 3.05) is 20.6 Å². The van der Waals surface area contributed by atoms with Gasteiger partial charge in [-0.25, -0.2) is 17.7 Å². The van der Waals surface area contributed by atoms with Crippen molar-refractivity contribution in [3.63, 3.8) is 0 Å². The van der Waals surface area contributed by atoms with Gasteiger partial charge in [0.1, 0.15) is 5.82 Å². The van der Waals surface area contributed by atoms with Gasteiger partial charge >= 0.3 is 0 Å². The maximum Gasteiger partial charge on any atom is 0.242 e. The Morgan fingerprint density at radius 2 is 1.97 bits per heavy atom. The highest BCUT2D eigenvalue weighted by atomic mass is 32.2. The van der Waals surface area contributed by atoms with Crippen molar-refractivity contribution in [2.24, 2.45) is 7.05 Å². The zero-order chi connectivity index (χ0) is 24.5. The van der Waals surface area contributed by atoms with Crippen LogP contribution in [0.25, 0.3) is 11.0 Å². The number of aromatic nitrogens is 3. The Balaban J connectivity index is 1.57. The van der Waals surface area contributed by atoms with Crippen LogP contribution in [0.2, 0.25) is 0 Å². The molecule has 0 aliphatic carbocycles. The summed E-state index contributed by atoms with van der Waals surface area (Å²) in [5.74, 6) is 0.967. The maximum absolute atomic E-state index is 13.4. The third kappa shape index (κ3) is 4.63. The third-order valence-corrected chi connectivity index (χ3v) is 8.67. The molecule has 2 aromatic heterocycles. The van der Waals surface area contributed by atoms with Crippen LogP contribution >= 0.6 is 0 Å². The van der Waals surface area contributed by atoms with Gasteiger partial charge in [-0.2, -0.15) is 0 Å². The Hall–Kier alpha value is -2.65. The number of nitrogens with zero attached hydrogens (tertiary/aromatic N) is 5. The van der Waals surface area contributed by atoms with Crippen LogP contribution in [0.3, 0.4) is 0 Å². The highest BCUT2D eigenvalue weighted by Gasteiger charge is 2.28. The number of hydrogen-bond acceptors (Lipinski definition) is 4. The number of carbonyl (C=O) groups excluding carboxylic acids is 1. The average molecular weight is 486 g/mol. The first-order valence-corrected chi connectivity index (χ1v) is 13.5. The predicted octanol–water partition coefficient (Wildman–Crippen LogP) is 3.72. The molecule has 1 saturated heterocycles. The molecule has 1 aliphatic rings. The summed E-state index contributed by atoms with van der Waals surface area (Å²) in [6, 6.07) is 9.33. The molecule has 3 aromatic rings. The predicted molar refractivity (Wildman–Crippen MR) is 133 cm³/mol. The second-order valence-corrected chi connectivity index (χ2v) is 11.4. The first-order valence-electron chi connectivity index (χ1n) is 12.1. The van der Waals surface area contributed by atoms with Crippen LogP contribution in [0.1, 0.15) is 56.6 Å². The number of carbonyl (C=O) groups is 1. The van der Waals surface area contributed by atoms with Crippen molar-refractivity contribution in [2.45, 2.75) is 62.9 Å². The minimum atomic E-state index is -3.53.